The number of methoxy groups -OCH3 is 1. The number of nitrogens with zero attached hydrogens (tertiary/aromatic N) is 2. The molecule has 0 saturated heterocycles. The summed E-state index contributed by atoms with van der Waals surface area (Å²) >= 11 is 0. The van der Waals surface area contributed by atoms with E-state index in [1.165, 1.54) is 18.1 Å². The lowest BCUT2D eigenvalue weighted by molar-refractivity contribution is -0.143. The molecule has 2 aromatic carbocycles. The van der Waals surface area contributed by atoms with Gasteiger partial charge in [-0.3, -0.25) is 9.59 Å². The predicted molar refractivity (Wildman–Crippen MR) is 114 cm³/mol. The number of rotatable bonds is 5. The molecule has 3 rings (SSSR count). The van der Waals surface area contributed by atoms with Crippen molar-refractivity contribution in [3.8, 4) is 11.8 Å². The Balaban J connectivity index is 1.73. The molecule has 31 heavy (non-hydrogen) atoms. The van der Waals surface area contributed by atoms with E-state index in [1.807, 2.05) is 0 Å². The normalized spacial score (nSPS) is 15.8. The van der Waals surface area contributed by atoms with E-state index in [4.69, 9.17) is 9.47 Å². The highest BCUT2D eigenvalue weighted by Gasteiger charge is 2.30. The summed E-state index contributed by atoms with van der Waals surface area (Å²) in [5.41, 5.74) is 1.41. The molecule has 0 unspecified atom stereocenters. The minimum atomic E-state index is -0.906. The average molecular weight is 419 g/mol. The van der Waals surface area contributed by atoms with Gasteiger partial charge < -0.3 is 19.7 Å². The fourth-order valence-corrected chi connectivity index (χ4v) is 3.25. The monoisotopic (exact) mass is 419 g/mol. The zero-order chi connectivity index (χ0) is 22.4. The number of nitriles is 1. The molecule has 1 N–H and O–H groups in total. The van der Waals surface area contributed by atoms with Crippen LogP contribution in [0.5, 0.6) is 5.75 Å². The fourth-order valence-electron chi connectivity index (χ4n) is 3.25. The molecule has 1 aliphatic rings. The van der Waals surface area contributed by atoms with Crippen LogP contribution in [0.3, 0.4) is 0 Å². The van der Waals surface area contributed by atoms with E-state index < -0.39 is 24.5 Å². The van der Waals surface area contributed by atoms with Crippen LogP contribution < -0.4 is 15.0 Å². The molecule has 0 radical (unpaired) electrons. The first-order valence-corrected chi connectivity index (χ1v) is 9.57. The number of amides is 2. The lowest BCUT2D eigenvalue weighted by Gasteiger charge is -2.27. The van der Waals surface area contributed by atoms with E-state index in [0.29, 0.717) is 22.7 Å². The van der Waals surface area contributed by atoms with Crippen molar-refractivity contribution >= 4 is 35.2 Å². The molecular weight excluding hydrogens is 398 g/mol. The van der Waals surface area contributed by atoms with Crippen molar-refractivity contribution in [1.82, 2.24) is 0 Å². The highest BCUT2D eigenvalue weighted by Crippen LogP contribution is 2.31. The third-order valence-electron chi connectivity index (χ3n) is 4.72. The molecule has 0 aliphatic carbocycles. The van der Waals surface area contributed by atoms with Crippen LogP contribution in [-0.4, -0.2) is 37.5 Å². The first-order valence-electron chi connectivity index (χ1n) is 9.57. The summed E-state index contributed by atoms with van der Waals surface area (Å²) in [6.45, 7) is 1.18. The molecule has 158 valence electrons. The number of benzene rings is 2. The SMILES string of the molecule is COc1ccc(/C=C(\C#N)C(=O)OCC(=O)N2c3ccccc3NC(=O)C[C@@H]2C)cc1. The molecule has 0 aromatic heterocycles. The summed E-state index contributed by atoms with van der Waals surface area (Å²) in [4.78, 5) is 38.7. The number of para-hydroxylation sites is 2. The second kappa shape index (κ2) is 9.59. The fraction of sp³-hybridized carbons (Fsp3) is 0.217. The van der Waals surface area contributed by atoms with Crippen molar-refractivity contribution in [3.05, 3.63) is 59.7 Å². The molecule has 0 fully saturated rings. The molecule has 2 aromatic rings. The molecule has 0 bridgehead atoms. The van der Waals surface area contributed by atoms with Crippen LogP contribution in [0.15, 0.2) is 54.1 Å². The Morgan fingerprint density at radius 3 is 2.61 bits per heavy atom. The van der Waals surface area contributed by atoms with Gasteiger partial charge in [0.15, 0.2) is 6.61 Å². The number of ether oxygens (including phenoxy) is 2. The van der Waals surface area contributed by atoms with Crippen molar-refractivity contribution in [2.75, 3.05) is 23.9 Å². The molecule has 1 aliphatic heterocycles. The first kappa shape index (κ1) is 21.6. The summed E-state index contributed by atoms with van der Waals surface area (Å²) in [7, 11) is 1.54. The minimum Gasteiger partial charge on any atom is -0.497 e. The second-order valence-electron chi connectivity index (χ2n) is 6.90. The standard InChI is InChI=1S/C23H21N3O5/c1-15-11-21(27)25-19-5-3-4-6-20(19)26(15)22(28)14-31-23(29)17(13-24)12-16-7-9-18(30-2)10-8-16/h3-10,12,15H,11,14H2,1-2H3,(H,25,27)/b17-12+/t15-/m0/s1. The Morgan fingerprint density at radius 1 is 1.23 bits per heavy atom. The summed E-state index contributed by atoms with van der Waals surface area (Å²) in [6.07, 6.45) is 1.48. The highest BCUT2D eigenvalue weighted by atomic mass is 16.5. The second-order valence-corrected chi connectivity index (χ2v) is 6.90. The maximum atomic E-state index is 12.9. The summed E-state index contributed by atoms with van der Waals surface area (Å²) in [5.74, 6) is -0.965. The van der Waals surface area contributed by atoms with Gasteiger partial charge in [-0.15, -0.1) is 0 Å². The van der Waals surface area contributed by atoms with Gasteiger partial charge in [0, 0.05) is 12.5 Å². The largest absolute Gasteiger partial charge is 0.497 e. The van der Waals surface area contributed by atoms with Crippen LogP contribution in [-0.2, 0) is 19.1 Å². The van der Waals surface area contributed by atoms with Gasteiger partial charge in [0.2, 0.25) is 5.91 Å². The molecule has 0 spiro atoms. The van der Waals surface area contributed by atoms with Gasteiger partial charge in [-0.25, -0.2) is 4.79 Å². The number of esters is 1. The number of fused-ring (bicyclic) bond motifs is 1. The van der Waals surface area contributed by atoms with Crippen molar-refractivity contribution in [2.24, 2.45) is 0 Å². The maximum Gasteiger partial charge on any atom is 0.349 e. The van der Waals surface area contributed by atoms with Crippen molar-refractivity contribution in [3.63, 3.8) is 0 Å². The van der Waals surface area contributed by atoms with Gasteiger partial charge in [-0.05, 0) is 42.8 Å². The summed E-state index contributed by atoms with van der Waals surface area (Å²) in [6, 6.07) is 15.0. The van der Waals surface area contributed by atoms with E-state index in [9.17, 15) is 19.6 Å². The number of anilines is 2. The van der Waals surface area contributed by atoms with Crippen LogP contribution >= 0.6 is 0 Å². The molecule has 8 nitrogen and oxygen atoms in total. The molecule has 2 amide bonds. The van der Waals surface area contributed by atoms with Crippen LogP contribution in [0.2, 0.25) is 0 Å². The lowest BCUT2D eigenvalue weighted by atomic mass is 10.1. The lowest BCUT2D eigenvalue weighted by Crippen LogP contribution is -2.41. The topological polar surface area (TPSA) is 109 Å². The third kappa shape index (κ3) is 5.08. The number of hydrogen-bond donors (Lipinski definition) is 1. The van der Waals surface area contributed by atoms with Crippen LogP contribution in [0, 0.1) is 11.3 Å². The molecule has 1 atom stereocenters. The molecule has 0 saturated carbocycles. The Hall–Kier alpha value is -4.12. The minimum absolute atomic E-state index is 0.106. The Kier molecular flexibility index (Phi) is 6.67. The predicted octanol–water partition coefficient (Wildman–Crippen LogP) is 2.91. The van der Waals surface area contributed by atoms with E-state index in [1.54, 1.807) is 61.5 Å². The van der Waals surface area contributed by atoms with Gasteiger partial charge in [-0.1, -0.05) is 24.3 Å². The van der Waals surface area contributed by atoms with Crippen LogP contribution in [0.1, 0.15) is 18.9 Å². The van der Waals surface area contributed by atoms with Gasteiger partial charge in [0.05, 0.1) is 18.5 Å². The number of nitrogens with one attached hydrogen (secondary N) is 1. The van der Waals surface area contributed by atoms with Crippen molar-refractivity contribution in [1.29, 1.82) is 5.26 Å². The van der Waals surface area contributed by atoms with E-state index >= 15 is 0 Å². The smallest absolute Gasteiger partial charge is 0.349 e. The van der Waals surface area contributed by atoms with Crippen molar-refractivity contribution in [2.45, 2.75) is 19.4 Å². The van der Waals surface area contributed by atoms with Crippen molar-refractivity contribution < 1.29 is 23.9 Å². The average Bonchev–Trinajstić information content (AvgIpc) is 2.90. The highest BCUT2D eigenvalue weighted by molar-refractivity contribution is 6.06. The van der Waals surface area contributed by atoms with Gasteiger partial charge in [0.25, 0.3) is 5.91 Å². The molecule has 1 heterocycles. The summed E-state index contributed by atoms with van der Waals surface area (Å²) in [5, 5.41) is 12.1. The number of hydrogen-bond acceptors (Lipinski definition) is 6. The molecule has 8 heteroatoms. The maximum absolute atomic E-state index is 12.9. The zero-order valence-corrected chi connectivity index (χ0v) is 17.1. The quantitative estimate of drug-likeness (QED) is 0.453. The molecular formula is C23H21N3O5. The zero-order valence-electron chi connectivity index (χ0n) is 17.1. The van der Waals surface area contributed by atoms with Crippen LogP contribution in [0.25, 0.3) is 6.08 Å². The Morgan fingerprint density at radius 2 is 1.94 bits per heavy atom. The third-order valence-corrected chi connectivity index (χ3v) is 4.72. The number of carbonyl (C=O) groups is 3. The van der Waals surface area contributed by atoms with Crippen LogP contribution in [0.4, 0.5) is 11.4 Å². The number of carbonyl (C=O) groups excluding carboxylic acids is 3. The van der Waals surface area contributed by atoms with Gasteiger partial charge in [0.1, 0.15) is 17.4 Å². The van der Waals surface area contributed by atoms with Gasteiger partial charge >= 0.3 is 5.97 Å². The van der Waals surface area contributed by atoms with E-state index in [-0.39, 0.29) is 17.9 Å². The Bertz CT molecular complexity index is 1070. The Labute approximate surface area is 179 Å². The summed E-state index contributed by atoms with van der Waals surface area (Å²) < 4.78 is 10.2. The first-order chi connectivity index (χ1) is 14.9. The van der Waals surface area contributed by atoms with E-state index in [0.717, 1.165) is 0 Å². The van der Waals surface area contributed by atoms with E-state index in [2.05, 4.69) is 5.32 Å². The van der Waals surface area contributed by atoms with Gasteiger partial charge in [-0.2, -0.15) is 5.26 Å².